The number of hydrogen-bond acceptors (Lipinski definition) is 4. The van der Waals surface area contributed by atoms with Gasteiger partial charge in [-0.05, 0) is 63.5 Å². The van der Waals surface area contributed by atoms with Crippen LogP contribution in [-0.2, 0) is 22.4 Å². The number of aryl methyl sites for hydroxylation is 2. The van der Waals surface area contributed by atoms with E-state index >= 15 is 0 Å². The third-order valence-electron chi connectivity index (χ3n) is 5.23. The molecule has 0 unspecified atom stereocenters. The quantitative estimate of drug-likeness (QED) is 0.264. The first kappa shape index (κ1) is 23.8. The molecule has 0 aliphatic carbocycles. The van der Waals surface area contributed by atoms with E-state index in [4.69, 9.17) is 10.2 Å². The number of carboxylic acids is 2. The van der Waals surface area contributed by atoms with E-state index in [0.29, 0.717) is 31.2 Å². The third kappa shape index (κ3) is 8.19. The Hall–Kier alpha value is -2.24. The Morgan fingerprint density at radius 2 is 1.25 bits per heavy atom. The van der Waals surface area contributed by atoms with E-state index in [9.17, 15) is 19.8 Å². The molecule has 0 amide bonds. The van der Waals surface area contributed by atoms with Crippen molar-refractivity contribution in [2.75, 3.05) is 0 Å². The van der Waals surface area contributed by atoms with Gasteiger partial charge in [-0.15, -0.1) is 0 Å². The maximum atomic E-state index is 11.1. The second-order valence-electron chi connectivity index (χ2n) is 8.14. The Morgan fingerprint density at radius 3 is 1.71 bits per heavy atom. The van der Waals surface area contributed by atoms with Gasteiger partial charge in [0, 0.05) is 6.42 Å². The summed E-state index contributed by atoms with van der Waals surface area (Å²) in [5, 5.41) is 38.2. The SMILES string of the molecule is CC(C)(CCCCCCc1ccc(CCCCCC(=O)O)c(O)c1O)C(=O)O. The number of carboxylic acid groups (broad SMARTS) is 2. The number of aromatic hydroxyl groups is 2. The van der Waals surface area contributed by atoms with Crippen LogP contribution in [0.2, 0.25) is 0 Å². The number of benzene rings is 1. The lowest BCUT2D eigenvalue weighted by molar-refractivity contribution is -0.147. The highest BCUT2D eigenvalue weighted by Gasteiger charge is 2.25. The fourth-order valence-corrected chi connectivity index (χ4v) is 3.18. The van der Waals surface area contributed by atoms with Gasteiger partial charge in [0.15, 0.2) is 11.5 Å². The summed E-state index contributed by atoms with van der Waals surface area (Å²) in [5.74, 6) is -1.70. The van der Waals surface area contributed by atoms with Crippen LogP contribution < -0.4 is 0 Å². The van der Waals surface area contributed by atoms with Gasteiger partial charge in [0.2, 0.25) is 0 Å². The average molecular weight is 395 g/mol. The number of aliphatic carboxylic acids is 2. The molecule has 6 heteroatoms. The molecule has 0 aliphatic rings. The van der Waals surface area contributed by atoms with Crippen LogP contribution in [0.5, 0.6) is 11.5 Å². The second-order valence-corrected chi connectivity index (χ2v) is 8.14. The summed E-state index contributed by atoms with van der Waals surface area (Å²) in [7, 11) is 0. The number of unbranched alkanes of at least 4 members (excludes halogenated alkanes) is 5. The van der Waals surface area contributed by atoms with Crippen LogP contribution in [0.3, 0.4) is 0 Å². The number of hydrogen-bond donors (Lipinski definition) is 4. The lowest BCUT2D eigenvalue weighted by Crippen LogP contribution is -2.23. The van der Waals surface area contributed by atoms with Crippen LogP contribution in [0.15, 0.2) is 12.1 Å². The normalized spacial score (nSPS) is 11.5. The maximum Gasteiger partial charge on any atom is 0.309 e. The summed E-state index contributed by atoms with van der Waals surface area (Å²) in [6, 6.07) is 3.67. The smallest absolute Gasteiger partial charge is 0.309 e. The number of carbonyl (C=O) groups is 2. The van der Waals surface area contributed by atoms with E-state index in [1.165, 1.54) is 0 Å². The molecular formula is C22H34O6. The molecule has 0 radical (unpaired) electrons. The first-order valence-corrected chi connectivity index (χ1v) is 10.1. The molecule has 28 heavy (non-hydrogen) atoms. The van der Waals surface area contributed by atoms with Gasteiger partial charge < -0.3 is 20.4 Å². The van der Waals surface area contributed by atoms with Crippen molar-refractivity contribution in [3.8, 4) is 11.5 Å². The van der Waals surface area contributed by atoms with Crippen molar-refractivity contribution in [2.45, 2.75) is 84.5 Å². The first-order chi connectivity index (χ1) is 13.1. The molecule has 0 aliphatic heterocycles. The van der Waals surface area contributed by atoms with E-state index in [1.807, 2.05) is 12.1 Å². The zero-order chi connectivity index (χ0) is 21.2. The lowest BCUT2D eigenvalue weighted by atomic mass is 9.87. The van der Waals surface area contributed by atoms with Crippen molar-refractivity contribution in [1.29, 1.82) is 0 Å². The summed E-state index contributed by atoms with van der Waals surface area (Å²) < 4.78 is 0. The van der Waals surface area contributed by atoms with Gasteiger partial charge >= 0.3 is 11.9 Å². The molecule has 0 heterocycles. The van der Waals surface area contributed by atoms with E-state index in [2.05, 4.69) is 0 Å². The van der Waals surface area contributed by atoms with Crippen molar-refractivity contribution < 1.29 is 30.0 Å². The number of phenols is 2. The Balaban J connectivity index is 2.36. The van der Waals surface area contributed by atoms with Crippen LogP contribution >= 0.6 is 0 Å². The highest BCUT2D eigenvalue weighted by Crippen LogP contribution is 2.34. The van der Waals surface area contributed by atoms with Crippen molar-refractivity contribution >= 4 is 11.9 Å². The molecule has 0 spiro atoms. The van der Waals surface area contributed by atoms with Gasteiger partial charge in [0.25, 0.3) is 0 Å². The first-order valence-electron chi connectivity index (χ1n) is 10.1. The van der Waals surface area contributed by atoms with Gasteiger partial charge in [-0.25, -0.2) is 0 Å². The molecule has 0 fully saturated rings. The zero-order valence-electron chi connectivity index (χ0n) is 17.0. The fraction of sp³-hybridized carbons (Fsp3) is 0.636. The third-order valence-corrected chi connectivity index (χ3v) is 5.23. The molecule has 4 N–H and O–H groups in total. The highest BCUT2D eigenvalue weighted by atomic mass is 16.4. The standard InChI is InChI=1S/C22H34O6/c1-22(2,21(27)28)15-9-4-3-6-10-16-13-14-17(20(26)19(16)25)11-7-5-8-12-18(23)24/h13-14,25-26H,3-12,15H2,1-2H3,(H,23,24)(H,27,28). The molecule has 158 valence electrons. The molecule has 0 saturated heterocycles. The van der Waals surface area contributed by atoms with E-state index in [0.717, 1.165) is 44.1 Å². The Morgan fingerprint density at radius 1 is 0.786 bits per heavy atom. The van der Waals surface area contributed by atoms with Gasteiger partial charge in [0.1, 0.15) is 0 Å². The predicted molar refractivity (Wildman–Crippen MR) is 108 cm³/mol. The van der Waals surface area contributed by atoms with E-state index in [1.54, 1.807) is 13.8 Å². The molecule has 1 rings (SSSR count). The van der Waals surface area contributed by atoms with Crippen molar-refractivity contribution in [3.05, 3.63) is 23.3 Å². The van der Waals surface area contributed by atoms with Crippen LogP contribution in [0.25, 0.3) is 0 Å². The molecule has 1 aromatic rings. The van der Waals surface area contributed by atoms with E-state index < -0.39 is 17.4 Å². The van der Waals surface area contributed by atoms with Gasteiger partial charge in [-0.1, -0.05) is 37.8 Å². The summed E-state index contributed by atoms with van der Waals surface area (Å²) in [5.41, 5.74) is 0.721. The Kier molecular flexibility index (Phi) is 9.83. The molecule has 0 saturated carbocycles. The predicted octanol–water partition coefficient (Wildman–Crippen LogP) is 4.89. The maximum absolute atomic E-state index is 11.1. The summed E-state index contributed by atoms with van der Waals surface area (Å²) >= 11 is 0. The van der Waals surface area contributed by atoms with E-state index in [-0.39, 0.29) is 17.9 Å². The van der Waals surface area contributed by atoms with Gasteiger partial charge in [-0.3, -0.25) is 9.59 Å². The monoisotopic (exact) mass is 394 g/mol. The second kappa shape index (κ2) is 11.6. The van der Waals surface area contributed by atoms with Crippen molar-refractivity contribution in [3.63, 3.8) is 0 Å². The molecule has 0 aromatic heterocycles. The average Bonchev–Trinajstić information content (AvgIpc) is 2.62. The minimum atomic E-state index is -0.796. The van der Waals surface area contributed by atoms with Crippen LogP contribution in [0.1, 0.15) is 82.8 Å². The summed E-state index contributed by atoms with van der Waals surface area (Å²) in [4.78, 5) is 21.6. The number of rotatable bonds is 14. The summed E-state index contributed by atoms with van der Waals surface area (Å²) in [6.07, 6.45) is 7.85. The molecule has 1 aromatic carbocycles. The largest absolute Gasteiger partial charge is 0.504 e. The minimum Gasteiger partial charge on any atom is -0.504 e. The fourth-order valence-electron chi connectivity index (χ4n) is 3.18. The summed E-state index contributed by atoms with van der Waals surface area (Å²) in [6.45, 7) is 3.48. The minimum absolute atomic E-state index is 0.0601. The lowest BCUT2D eigenvalue weighted by Gasteiger charge is -2.18. The van der Waals surface area contributed by atoms with Crippen LogP contribution in [-0.4, -0.2) is 32.4 Å². The number of phenolic OH excluding ortho intramolecular Hbond substituents is 2. The molecule has 0 bridgehead atoms. The van der Waals surface area contributed by atoms with Crippen LogP contribution in [0, 0.1) is 5.41 Å². The highest BCUT2D eigenvalue weighted by molar-refractivity contribution is 5.73. The molecule has 0 atom stereocenters. The van der Waals surface area contributed by atoms with Crippen molar-refractivity contribution in [2.24, 2.45) is 5.41 Å². The van der Waals surface area contributed by atoms with Crippen LogP contribution in [0.4, 0.5) is 0 Å². The molecular weight excluding hydrogens is 360 g/mol. The molecule has 6 nitrogen and oxygen atoms in total. The Labute approximate surface area is 167 Å². The topological polar surface area (TPSA) is 115 Å². The Bertz CT molecular complexity index is 651. The van der Waals surface area contributed by atoms with Gasteiger partial charge in [-0.2, -0.15) is 0 Å². The zero-order valence-corrected chi connectivity index (χ0v) is 17.0. The van der Waals surface area contributed by atoms with Gasteiger partial charge in [0.05, 0.1) is 5.41 Å². The van der Waals surface area contributed by atoms with Crippen molar-refractivity contribution in [1.82, 2.24) is 0 Å².